The Morgan fingerprint density at radius 3 is 2.12 bits per heavy atom. The van der Waals surface area contributed by atoms with E-state index in [1.165, 1.54) is 11.1 Å². The van der Waals surface area contributed by atoms with Gasteiger partial charge in [-0.2, -0.15) is 0 Å². The third-order valence-electron chi connectivity index (χ3n) is 5.74. The van der Waals surface area contributed by atoms with E-state index in [1.807, 2.05) is 30.3 Å². The number of hydrogen-bond donors (Lipinski definition) is 2. The highest BCUT2D eigenvalue weighted by atomic mass is 16.4. The van der Waals surface area contributed by atoms with Gasteiger partial charge in [0.05, 0.1) is 11.4 Å². The minimum atomic E-state index is -1.48. The van der Waals surface area contributed by atoms with Crippen LogP contribution in [0.3, 0.4) is 0 Å². The van der Waals surface area contributed by atoms with Crippen molar-refractivity contribution in [1.29, 1.82) is 0 Å². The summed E-state index contributed by atoms with van der Waals surface area (Å²) in [6, 6.07) is 28.2. The number of hydrogen-bond acceptors (Lipinski definition) is 3. The van der Waals surface area contributed by atoms with Gasteiger partial charge in [0.15, 0.2) is 0 Å². The fraction of sp³-hybridized carbons (Fsp3) is 0.0357. The molecule has 0 aliphatic heterocycles. The van der Waals surface area contributed by atoms with Crippen LogP contribution in [0.1, 0.15) is 11.1 Å². The molecule has 3 nitrogen and oxygen atoms in total. The summed E-state index contributed by atoms with van der Waals surface area (Å²) in [6.07, 6.45) is 9.39. The lowest BCUT2D eigenvalue weighted by atomic mass is 9.80. The molecular weight excluding hydrogens is 393 g/mol. The Balaban J connectivity index is 1.64. The van der Waals surface area contributed by atoms with Crippen LogP contribution in [0.5, 0.6) is 0 Å². The molecule has 0 atom stereocenters. The number of pyridine rings is 1. The maximum Gasteiger partial charge on any atom is 0.488 e. The van der Waals surface area contributed by atoms with Crippen molar-refractivity contribution in [2.75, 3.05) is 0 Å². The van der Waals surface area contributed by atoms with E-state index in [1.54, 1.807) is 12.1 Å². The van der Waals surface area contributed by atoms with Crippen molar-refractivity contribution in [3.63, 3.8) is 0 Å². The molecule has 4 aromatic rings. The van der Waals surface area contributed by atoms with Crippen molar-refractivity contribution >= 4 is 18.7 Å². The van der Waals surface area contributed by atoms with E-state index in [9.17, 15) is 10.0 Å². The fourth-order valence-electron chi connectivity index (χ4n) is 3.98. The SMILES string of the molecule is OB(O)c1ccc(-c2cc(-c3ccccc3)cc(-c3ccc4c(c3)C=CC=CC4)n2)cc1. The van der Waals surface area contributed by atoms with Gasteiger partial charge in [-0.1, -0.05) is 91.0 Å². The molecule has 154 valence electrons. The first-order valence-corrected chi connectivity index (χ1v) is 10.7. The molecule has 32 heavy (non-hydrogen) atoms. The molecule has 0 bridgehead atoms. The highest BCUT2D eigenvalue weighted by molar-refractivity contribution is 6.58. The average Bonchev–Trinajstić information content (AvgIpc) is 3.09. The molecule has 0 spiro atoms. The van der Waals surface area contributed by atoms with Crippen LogP contribution >= 0.6 is 0 Å². The van der Waals surface area contributed by atoms with E-state index < -0.39 is 7.12 Å². The van der Waals surface area contributed by atoms with E-state index >= 15 is 0 Å². The smallest absolute Gasteiger partial charge is 0.423 e. The monoisotopic (exact) mass is 415 g/mol. The van der Waals surface area contributed by atoms with Crippen LogP contribution in [0.4, 0.5) is 0 Å². The zero-order chi connectivity index (χ0) is 21.9. The van der Waals surface area contributed by atoms with E-state index in [4.69, 9.17) is 4.98 Å². The molecule has 3 aromatic carbocycles. The topological polar surface area (TPSA) is 53.4 Å². The van der Waals surface area contributed by atoms with Crippen LogP contribution in [0.25, 0.3) is 39.7 Å². The van der Waals surface area contributed by atoms with Crippen LogP contribution in [0.15, 0.2) is 103 Å². The Morgan fingerprint density at radius 2 is 1.38 bits per heavy atom. The average molecular weight is 415 g/mol. The van der Waals surface area contributed by atoms with Crippen molar-refractivity contribution in [2.24, 2.45) is 0 Å². The standard InChI is InChI=1S/C28H22BNO2/c31-29(32)26-15-13-22(14-16-26)27-18-25(20-7-3-1-4-8-20)19-28(30-27)24-12-11-21-9-5-2-6-10-23(21)17-24/h1-8,10-19,31-32H,9H2. The summed E-state index contributed by atoms with van der Waals surface area (Å²) in [5, 5.41) is 18.8. The molecule has 5 rings (SSSR count). The second-order valence-corrected chi connectivity index (χ2v) is 7.89. The van der Waals surface area contributed by atoms with Gasteiger partial charge in [-0.05, 0) is 52.3 Å². The highest BCUT2D eigenvalue weighted by Crippen LogP contribution is 2.31. The highest BCUT2D eigenvalue weighted by Gasteiger charge is 2.13. The van der Waals surface area contributed by atoms with Gasteiger partial charge in [0.25, 0.3) is 0 Å². The van der Waals surface area contributed by atoms with E-state index in [0.29, 0.717) is 5.46 Å². The number of aromatic nitrogens is 1. The molecule has 0 amide bonds. The Bertz CT molecular complexity index is 1310. The normalized spacial score (nSPS) is 12.3. The maximum atomic E-state index is 9.42. The first-order chi connectivity index (χ1) is 15.7. The molecule has 1 aliphatic carbocycles. The zero-order valence-electron chi connectivity index (χ0n) is 17.5. The van der Waals surface area contributed by atoms with Crippen molar-refractivity contribution < 1.29 is 10.0 Å². The van der Waals surface area contributed by atoms with Crippen LogP contribution < -0.4 is 5.46 Å². The summed E-state index contributed by atoms with van der Waals surface area (Å²) in [4.78, 5) is 4.98. The van der Waals surface area contributed by atoms with Crippen LogP contribution in [0, 0.1) is 0 Å². The fourth-order valence-corrected chi connectivity index (χ4v) is 3.98. The zero-order valence-corrected chi connectivity index (χ0v) is 17.5. The molecule has 0 radical (unpaired) electrons. The molecule has 2 N–H and O–H groups in total. The predicted octanol–water partition coefficient (Wildman–Crippen LogP) is 4.89. The predicted molar refractivity (Wildman–Crippen MR) is 132 cm³/mol. The number of fused-ring (bicyclic) bond motifs is 1. The lowest BCUT2D eigenvalue weighted by Gasteiger charge is -2.12. The third-order valence-corrected chi connectivity index (χ3v) is 5.74. The largest absolute Gasteiger partial charge is 0.488 e. The van der Waals surface area contributed by atoms with E-state index in [2.05, 4.69) is 66.8 Å². The first kappa shape index (κ1) is 20.2. The van der Waals surface area contributed by atoms with Gasteiger partial charge in [0.2, 0.25) is 0 Å². The van der Waals surface area contributed by atoms with Gasteiger partial charge in [-0.25, -0.2) is 4.98 Å². The maximum absolute atomic E-state index is 9.42. The molecule has 1 aliphatic rings. The number of nitrogens with zero attached hydrogens (tertiary/aromatic N) is 1. The van der Waals surface area contributed by atoms with E-state index in [0.717, 1.165) is 40.1 Å². The number of benzene rings is 3. The lowest BCUT2D eigenvalue weighted by molar-refractivity contribution is 0.426. The number of allylic oxidation sites excluding steroid dienone is 3. The Kier molecular flexibility index (Phi) is 5.55. The molecule has 0 unspecified atom stereocenters. The molecule has 4 heteroatoms. The second-order valence-electron chi connectivity index (χ2n) is 7.89. The molecule has 1 heterocycles. The van der Waals surface area contributed by atoms with Gasteiger partial charge in [-0.15, -0.1) is 0 Å². The number of rotatable bonds is 4. The first-order valence-electron chi connectivity index (χ1n) is 10.7. The summed E-state index contributed by atoms with van der Waals surface area (Å²) in [7, 11) is -1.48. The van der Waals surface area contributed by atoms with Gasteiger partial charge >= 0.3 is 7.12 Å². The van der Waals surface area contributed by atoms with E-state index in [-0.39, 0.29) is 0 Å². The van der Waals surface area contributed by atoms with Crippen LogP contribution in [0.2, 0.25) is 0 Å². The Labute approximate surface area is 188 Å². The van der Waals surface area contributed by atoms with Crippen LogP contribution in [-0.2, 0) is 6.42 Å². The summed E-state index contributed by atoms with van der Waals surface area (Å²) in [5.41, 5.74) is 8.91. The van der Waals surface area contributed by atoms with Gasteiger partial charge in [0, 0.05) is 11.1 Å². The quantitative estimate of drug-likeness (QED) is 0.467. The van der Waals surface area contributed by atoms with Gasteiger partial charge in [-0.3, -0.25) is 0 Å². The summed E-state index contributed by atoms with van der Waals surface area (Å²) < 4.78 is 0. The second kappa shape index (κ2) is 8.79. The van der Waals surface area contributed by atoms with Crippen LogP contribution in [-0.4, -0.2) is 22.2 Å². The van der Waals surface area contributed by atoms with Crippen molar-refractivity contribution in [3.8, 4) is 33.6 Å². The molecule has 0 fully saturated rings. The van der Waals surface area contributed by atoms with Crippen molar-refractivity contribution in [3.05, 3.63) is 114 Å². The lowest BCUT2D eigenvalue weighted by Crippen LogP contribution is -2.29. The Morgan fingerprint density at radius 1 is 0.656 bits per heavy atom. The summed E-state index contributed by atoms with van der Waals surface area (Å²) in [5.74, 6) is 0. The minimum Gasteiger partial charge on any atom is -0.423 e. The summed E-state index contributed by atoms with van der Waals surface area (Å²) >= 11 is 0. The third kappa shape index (κ3) is 4.19. The molecular formula is C28H22BNO2. The Hall–Kier alpha value is -3.73. The molecule has 0 saturated carbocycles. The van der Waals surface area contributed by atoms with Crippen molar-refractivity contribution in [2.45, 2.75) is 6.42 Å². The summed E-state index contributed by atoms with van der Waals surface area (Å²) in [6.45, 7) is 0. The minimum absolute atomic E-state index is 0.458. The van der Waals surface area contributed by atoms with Crippen molar-refractivity contribution in [1.82, 2.24) is 4.98 Å². The van der Waals surface area contributed by atoms with Gasteiger partial charge < -0.3 is 10.0 Å². The molecule has 1 aromatic heterocycles. The van der Waals surface area contributed by atoms with Gasteiger partial charge in [0.1, 0.15) is 0 Å². The molecule has 0 saturated heterocycles.